The maximum atomic E-state index is 12.8. The Kier molecular flexibility index (Phi) is 3.63. The van der Waals surface area contributed by atoms with Crippen molar-refractivity contribution in [3.8, 4) is 0 Å². The van der Waals surface area contributed by atoms with Crippen molar-refractivity contribution in [2.24, 2.45) is 7.05 Å². The van der Waals surface area contributed by atoms with Crippen molar-refractivity contribution in [2.75, 3.05) is 26.2 Å². The Morgan fingerprint density at radius 3 is 2.46 bits per heavy atom. The van der Waals surface area contributed by atoms with E-state index in [1.165, 1.54) is 12.0 Å². The van der Waals surface area contributed by atoms with Crippen LogP contribution in [0.25, 0.3) is 0 Å². The van der Waals surface area contributed by atoms with E-state index in [1.807, 2.05) is 11.7 Å². The molecule has 1 saturated heterocycles. The van der Waals surface area contributed by atoms with E-state index in [1.54, 1.807) is 21.9 Å². The molecule has 0 saturated carbocycles. The third kappa shape index (κ3) is 2.40. The summed E-state index contributed by atoms with van der Waals surface area (Å²) in [6.07, 6.45) is 4.51. The molecule has 1 aliphatic heterocycles. The fraction of sp³-hybridized carbons (Fsp3) is 0.471. The molecule has 2 aromatic heterocycles. The second kappa shape index (κ2) is 5.81. The number of piperazine rings is 1. The average molecular weight is 328 g/mol. The summed E-state index contributed by atoms with van der Waals surface area (Å²) in [6.45, 7) is 2.08. The highest BCUT2D eigenvalue weighted by Gasteiger charge is 2.31. The molecule has 0 spiro atoms. The van der Waals surface area contributed by atoms with Gasteiger partial charge in [-0.2, -0.15) is 5.10 Å². The minimum Gasteiger partial charge on any atom is -0.459 e. The van der Waals surface area contributed by atoms with Crippen molar-refractivity contribution < 1.29 is 14.0 Å². The molecular weight excluding hydrogens is 308 g/mol. The lowest BCUT2D eigenvalue weighted by atomic mass is 10.1. The van der Waals surface area contributed by atoms with Crippen LogP contribution in [0.15, 0.2) is 22.8 Å². The van der Waals surface area contributed by atoms with Crippen molar-refractivity contribution >= 4 is 11.8 Å². The van der Waals surface area contributed by atoms with Crippen LogP contribution in [0.1, 0.15) is 38.7 Å². The van der Waals surface area contributed by atoms with Crippen LogP contribution in [0, 0.1) is 0 Å². The van der Waals surface area contributed by atoms with Gasteiger partial charge in [0, 0.05) is 44.5 Å². The fourth-order valence-corrected chi connectivity index (χ4v) is 3.60. The van der Waals surface area contributed by atoms with Gasteiger partial charge >= 0.3 is 0 Å². The maximum Gasteiger partial charge on any atom is 0.289 e. The molecule has 7 nitrogen and oxygen atoms in total. The second-order valence-electron chi connectivity index (χ2n) is 6.31. The zero-order chi connectivity index (χ0) is 16.7. The zero-order valence-corrected chi connectivity index (χ0v) is 13.7. The van der Waals surface area contributed by atoms with Crippen molar-refractivity contribution in [2.45, 2.75) is 19.3 Å². The van der Waals surface area contributed by atoms with Gasteiger partial charge in [-0.1, -0.05) is 0 Å². The smallest absolute Gasteiger partial charge is 0.289 e. The molecule has 7 heteroatoms. The highest BCUT2D eigenvalue weighted by molar-refractivity contribution is 5.95. The number of amides is 2. The van der Waals surface area contributed by atoms with Crippen molar-refractivity contribution in [1.29, 1.82) is 0 Å². The minimum absolute atomic E-state index is 0.0150. The highest BCUT2D eigenvalue weighted by atomic mass is 16.3. The topological polar surface area (TPSA) is 71.6 Å². The Labute approximate surface area is 139 Å². The molecule has 1 fully saturated rings. The third-order valence-corrected chi connectivity index (χ3v) is 4.90. The molecule has 0 aromatic carbocycles. The lowest BCUT2D eigenvalue weighted by Gasteiger charge is -2.34. The zero-order valence-electron chi connectivity index (χ0n) is 13.7. The van der Waals surface area contributed by atoms with Gasteiger partial charge in [-0.3, -0.25) is 14.3 Å². The molecule has 24 heavy (non-hydrogen) atoms. The van der Waals surface area contributed by atoms with Crippen LogP contribution in [-0.2, 0) is 19.9 Å². The van der Waals surface area contributed by atoms with E-state index in [-0.39, 0.29) is 11.8 Å². The lowest BCUT2D eigenvalue weighted by Crippen LogP contribution is -2.50. The molecule has 126 valence electrons. The Morgan fingerprint density at radius 2 is 1.79 bits per heavy atom. The number of rotatable bonds is 2. The molecule has 0 unspecified atom stereocenters. The summed E-state index contributed by atoms with van der Waals surface area (Å²) in [4.78, 5) is 28.6. The Hall–Kier alpha value is -2.57. The largest absolute Gasteiger partial charge is 0.459 e. The number of aromatic nitrogens is 2. The van der Waals surface area contributed by atoms with Crippen LogP contribution in [0.4, 0.5) is 0 Å². The van der Waals surface area contributed by atoms with Crippen molar-refractivity contribution in [1.82, 2.24) is 19.6 Å². The Bertz CT molecular complexity index is 770. The van der Waals surface area contributed by atoms with Gasteiger partial charge < -0.3 is 14.2 Å². The normalized spacial score (nSPS) is 17.2. The monoisotopic (exact) mass is 328 g/mol. The summed E-state index contributed by atoms with van der Waals surface area (Å²) in [5.41, 5.74) is 2.89. The first-order valence-electron chi connectivity index (χ1n) is 8.32. The fourth-order valence-electron chi connectivity index (χ4n) is 3.60. The standard InChI is InChI=1S/C17H20N4O3/c1-19-13-5-2-4-12(13)15(18-19)17(23)21-9-7-20(8-10-21)16(22)14-6-3-11-24-14/h3,6,11H,2,4-5,7-10H2,1H3. The molecule has 2 aliphatic rings. The molecule has 0 bridgehead atoms. The third-order valence-electron chi connectivity index (χ3n) is 4.90. The van der Waals surface area contributed by atoms with Gasteiger partial charge in [0.15, 0.2) is 11.5 Å². The predicted octanol–water partition coefficient (Wildman–Crippen LogP) is 1.10. The van der Waals surface area contributed by atoms with Gasteiger partial charge in [0.05, 0.1) is 6.26 Å². The van der Waals surface area contributed by atoms with E-state index in [0.717, 1.165) is 24.8 Å². The van der Waals surface area contributed by atoms with Gasteiger partial charge in [0.1, 0.15) is 0 Å². The number of hydrogen-bond acceptors (Lipinski definition) is 4. The van der Waals surface area contributed by atoms with E-state index >= 15 is 0 Å². The van der Waals surface area contributed by atoms with E-state index in [2.05, 4.69) is 5.10 Å². The molecule has 0 atom stereocenters. The summed E-state index contributed by atoms with van der Waals surface area (Å²) in [5, 5.41) is 4.43. The van der Waals surface area contributed by atoms with E-state index in [0.29, 0.717) is 37.6 Å². The van der Waals surface area contributed by atoms with Crippen molar-refractivity contribution in [3.63, 3.8) is 0 Å². The molecule has 4 rings (SSSR count). The summed E-state index contributed by atoms with van der Waals surface area (Å²) in [6, 6.07) is 3.37. The molecule has 2 aromatic rings. The number of carbonyl (C=O) groups is 2. The molecule has 3 heterocycles. The summed E-state index contributed by atoms with van der Waals surface area (Å²) in [7, 11) is 1.90. The van der Waals surface area contributed by atoms with Crippen LogP contribution >= 0.6 is 0 Å². The van der Waals surface area contributed by atoms with Gasteiger partial charge in [-0.25, -0.2) is 0 Å². The van der Waals surface area contributed by atoms with Gasteiger partial charge in [-0.15, -0.1) is 0 Å². The van der Waals surface area contributed by atoms with E-state index < -0.39 is 0 Å². The Balaban J connectivity index is 1.44. The van der Waals surface area contributed by atoms with Gasteiger partial charge in [0.2, 0.25) is 0 Å². The number of furan rings is 1. The van der Waals surface area contributed by atoms with E-state index in [9.17, 15) is 9.59 Å². The first-order valence-corrected chi connectivity index (χ1v) is 8.32. The van der Waals surface area contributed by atoms with Crippen LogP contribution in [0.2, 0.25) is 0 Å². The average Bonchev–Trinajstić information content (AvgIpc) is 3.33. The summed E-state index contributed by atoms with van der Waals surface area (Å²) >= 11 is 0. The lowest BCUT2D eigenvalue weighted by molar-refractivity contribution is 0.0514. The van der Waals surface area contributed by atoms with E-state index in [4.69, 9.17) is 4.42 Å². The SMILES string of the molecule is Cn1nc(C(=O)N2CCN(C(=O)c3ccco3)CC2)c2c1CCC2. The molecule has 2 amide bonds. The highest BCUT2D eigenvalue weighted by Crippen LogP contribution is 2.25. The molecule has 0 radical (unpaired) electrons. The minimum atomic E-state index is -0.120. The summed E-state index contributed by atoms with van der Waals surface area (Å²) < 4.78 is 7.00. The van der Waals surface area contributed by atoms with Gasteiger partial charge in [0.25, 0.3) is 11.8 Å². The van der Waals surface area contributed by atoms with Gasteiger partial charge in [-0.05, 0) is 31.4 Å². The van der Waals surface area contributed by atoms with Crippen LogP contribution in [-0.4, -0.2) is 57.6 Å². The van der Waals surface area contributed by atoms with Crippen LogP contribution in [0.5, 0.6) is 0 Å². The quantitative estimate of drug-likeness (QED) is 0.828. The maximum absolute atomic E-state index is 12.8. The van der Waals surface area contributed by atoms with Crippen LogP contribution in [0.3, 0.4) is 0 Å². The number of hydrogen-bond donors (Lipinski definition) is 0. The number of carbonyl (C=O) groups excluding carboxylic acids is 2. The molecule has 0 N–H and O–H groups in total. The molecule has 1 aliphatic carbocycles. The second-order valence-corrected chi connectivity index (χ2v) is 6.31. The van der Waals surface area contributed by atoms with Crippen molar-refractivity contribution in [3.05, 3.63) is 41.1 Å². The summed E-state index contributed by atoms with van der Waals surface area (Å²) in [5.74, 6) is 0.210. The first kappa shape index (κ1) is 15.0. The van der Waals surface area contributed by atoms with Crippen LogP contribution < -0.4 is 0 Å². The Morgan fingerprint density at radius 1 is 1.08 bits per heavy atom. The number of fused-ring (bicyclic) bond motifs is 1. The first-order chi connectivity index (χ1) is 11.6. The number of aryl methyl sites for hydroxylation is 1. The predicted molar refractivity (Wildman–Crippen MR) is 85.7 cm³/mol. The molecular formula is C17H20N4O3. The number of nitrogens with zero attached hydrogens (tertiary/aromatic N) is 4.